The molecule has 6 heteroatoms. The van der Waals surface area contributed by atoms with Gasteiger partial charge in [-0.15, -0.1) is 0 Å². The van der Waals surface area contributed by atoms with Crippen LogP contribution in [0.4, 0.5) is 16.3 Å². The van der Waals surface area contributed by atoms with E-state index < -0.39 is 0 Å². The molecular weight excluding hydrogens is 340 g/mol. The molecule has 2 heterocycles. The predicted octanol–water partition coefficient (Wildman–Crippen LogP) is 4.25. The minimum absolute atomic E-state index is 0.0953. The van der Waals surface area contributed by atoms with E-state index in [-0.39, 0.29) is 6.03 Å². The van der Waals surface area contributed by atoms with Crippen LogP contribution < -0.4 is 14.5 Å². The standard InChI is InChI=1S/C21H20N4O2/c1-4-14-10-17-19-18(11-14)25(12-15-6-8-16(27-3)9-7-15)21(26)24(5-2)20(19)23-13-22-17/h4,6-11,13H,1,5,12H2,2-3H3. The average molecular weight is 360 g/mol. The van der Waals surface area contributed by atoms with Gasteiger partial charge < -0.3 is 4.74 Å². The van der Waals surface area contributed by atoms with Crippen molar-refractivity contribution in [1.82, 2.24) is 9.97 Å². The Hall–Kier alpha value is -3.41. The van der Waals surface area contributed by atoms with Gasteiger partial charge in [0.1, 0.15) is 17.9 Å². The van der Waals surface area contributed by atoms with Crippen molar-refractivity contribution in [2.45, 2.75) is 13.5 Å². The number of carbonyl (C=O) groups excluding carboxylic acids is 1. The van der Waals surface area contributed by atoms with Crippen molar-refractivity contribution in [3.05, 3.63) is 60.4 Å². The van der Waals surface area contributed by atoms with Crippen LogP contribution in [0.15, 0.2) is 49.3 Å². The summed E-state index contributed by atoms with van der Waals surface area (Å²) in [5.74, 6) is 1.44. The summed E-state index contributed by atoms with van der Waals surface area (Å²) in [4.78, 5) is 25.5. The third-order valence-corrected chi connectivity index (χ3v) is 4.78. The molecule has 0 unspecified atom stereocenters. The fourth-order valence-corrected chi connectivity index (χ4v) is 3.40. The number of amides is 2. The van der Waals surface area contributed by atoms with Crippen LogP contribution in [0.5, 0.6) is 5.75 Å². The van der Waals surface area contributed by atoms with Gasteiger partial charge in [0, 0.05) is 6.54 Å². The van der Waals surface area contributed by atoms with Crippen molar-refractivity contribution in [3.63, 3.8) is 0 Å². The molecule has 0 atom stereocenters. The third kappa shape index (κ3) is 2.79. The SMILES string of the molecule is C=Cc1cc2c3c(ncnc3c1)N(CC)C(=O)N2Cc1ccc(OC)cc1. The number of rotatable bonds is 5. The molecule has 0 bridgehead atoms. The van der Waals surface area contributed by atoms with E-state index in [2.05, 4.69) is 16.5 Å². The summed E-state index contributed by atoms with van der Waals surface area (Å²) < 4.78 is 5.22. The van der Waals surface area contributed by atoms with Gasteiger partial charge in [-0.25, -0.2) is 14.8 Å². The van der Waals surface area contributed by atoms with Gasteiger partial charge in [0.05, 0.1) is 30.2 Å². The molecular formula is C21H20N4O2. The molecule has 1 aliphatic rings. The van der Waals surface area contributed by atoms with Gasteiger partial charge in [-0.1, -0.05) is 24.8 Å². The summed E-state index contributed by atoms with van der Waals surface area (Å²) in [6.45, 7) is 6.79. The Morgan fingerprint density at radius 2 is 1.93 bits per heavy atom. The topological polar surface area (TPSA) is 58.6 Å². The largest absolute Gasteiger partial charge is 0.497 e. The van der Waals surface area contributed by atoms with Crippen molar-refractivity contribution in [1.29, 1.82) is 0 Å². The van der Waals surface area contributed by atoms with Gasteiger partial charge in [-0.2, -0.15) is 0 Å². The zero-order valence-electron chi connectivity index (χ0n) is 15.3. The highest BCUT2D eigenvalue weighted by Crippen LogP contribution is 2.39. The number of aromatic nitrogens is 2. The Morgan fingerprint density at radius 3 is 2.59 bits per heavy atom. The first-order valence-corrected chi connectivity index (χ1v) is 8.79. The molecule has 136 valence electrons. The van der Waals surface area contributed by atoms with Gasteiger partial charge in [0.2, 0.25) is 0 Å². The van der Waals surface area contributed by atoms with Gasteiger partial charge in [0.15, 0.2) is 0 Å². The molecule has 2 amide bonds. The van der Waals surface area contributed by atoms with E-state index in [1.165, 1.54) is 6.33 Å². The van der Waals surface area contributed by atoms with Crippen LogP contribution >= 0.6 is 0 Å². The van der Waals surface area contributed by atoms with Gasteiger partial charge in [-0.05, 0) is 42.3 Å². The van der Waals surface area contributed by atoms with Crippen molar-refractivity contribution in [3.8, 4) is 5.75 Å². The Labute approximate surface area is 157 Å². The molecule has 0 saturated carbocycles. The first kappa shape index (κ1) is 17.0. The molecule has 0 N–H and O–H groups in total. The summed E-state index contributed by atoms with van der Waals surface area (Å²) in [6.07, 6.45) is 3.27. The maximum atomic E-state index is 13.2. The first-order valence-electron chi connectivity index (χ1n) is 8.79. The Morgan fingerprint density at radius 1 is 1.15 bits per heavy atom. The second-order valence-corrected chi connectivity index (χ2v) is 6.30. The molecule has 27 heavy (non-hydrogen) atoms. The van der Waals surface area contributed by atoms with E-state index in [0.29, 0.717) is 18.9 Å². The van der Waals surface area contributed by atoms with Crippen LogP contribution in [0.25, 0.3) is 17.0 Å². The lowest BCUT2D eigenvalue weighted by Crippen LogP contribution is -2.46. The lowest BCUT2D eigenvalue weighted by Gasteiger charge is -2.35. The fourth-order valence-electron chi connectivity index (χ4n) is 3.40. The van der Waals surface area contributed by atoms with Crippen molar-refractivity contribution in [2.75, 3.05) is 23.5 Å². The summed E-state index contributed by atoms with van der Waals surface area (Å²) in [7, 11) is 1.64. The number of benzene rings is 2. The Kier molecular flexibility index (Phi) is 4.24. The van der Waals surface area contributed by atoms with Crippen LogP contribution in [0.1, 0.15) is 18.1 Å². The normalized spacial score (nSPS) is 13.2. The lowest BCUT2D eigenvalue weighted by molar-refractivity contribution is 0.251. The summed E-state index contributed by atoms with van der Waals surface area (Å²) in [5.41, 5.74) is 3.54. The summed E-state index contributed by atoms with van der Waals surface area (Å²) >= 11 is 0. The smallest absolute Gasteiger partial charge is 0.330 e. The van der Waals surface area contributed by atoms with Crippen molar-refractivity contribution in [2.24, 2.45) is 0 Å². The molecule has 0 radical (unpaired) electrons. The van der Waals surface area contributed by atoms with E-state index in [1.807, 2.05) is 43.3 Å². The Bertz CT molecular complexity index is 1030. The fraction of sp³-hybridized carbons (Fsp3) is 0.190. The zero-order valence-corrected chi connectivity index (χ0v) is 15.3. The van der Waals surface area contributed by atoms with Gasteiger partial charge >= 0.3 is 6.03 Å². The summed E-state index contributed by atoms with van der Waals surface area (Å²) in [6, 6.07) is 11.6. The maximum Gasteiger partial charge on any atom is 0.330 e. The maximum absolute atomic E-state index is 13.2. The highest BCUT2D eigenvalue weighted by molar-refractivity contribution is 6.18. The number of urea groups is 1. The molecule has 6 nitrogen and oxygen atoms in total. The molecule has 0 aliphatic carbocycles. The van der Waals surface area contributed by atoms with Crippen LogP contribution in [-0.2, 0) is 6.54 Å². The van der Waals surface area contributed by atoms with Crippen LogP contribution in [0.3, 0.4) is 0 Å². The highest BCUT2D eigenvalue weighted by atomic mass is 16.5. The van der Waals surface area contributed by atoms with Crippen molar-refractivity contribution < 1.29 is 9.53 Å². The number of hydrogen-bond acceptors (Lipinski definition) is 4. The number of anilines is 2. The van der Waals surface area contributed by atoms with Crippen molar-refractivity contribution >= 4 is 34.5 Å². The molecule has 0 fully saturated rings. The number of nitrogens with zero attached hydrogens (tertiary/aromatic N) is 4. The van der Waals surface area contributed by atoms with E-state index in [4.69, 9.17) is 4.74 Å². The first-order chi connectivity index (χ1) is 13.2. The van der Waals surface area contributed by atoms with E-state index in [9.17, 15) is 4.79 Å². The highest BCUT2D eigenvalue weighted by Gasteiger charge is 2.33. The van der Waals surface area contributed by atoms with E-state index >= 15 is 0 Å². The number of hydrogen-bond donors (Lipinski definition) is 0. The molecule has 0 saturated heterocycles. The number of methoxy groups -OCH3 is 1. The van der Waals surface area contributed by atoms with Gasteiger partial charge in [-0.3, -0.25) is 9.80 Å². The monoisotopic (exact) mass is 360 g/mol. The molecule has 1 aliphatic heterocycles. The molecule has 4 rings (SSSR count). The third-order valence-electron chi connectivity index (χ3n) is 4.78. The number of ether oxygens (including phenoxy) is 1. The quantitative estimate of drug-likeness (QED) is 0.683. The van der Waals surface area contributed by atoms with E-state index in [0.717, 1.165) is 33.5 Å². The molecule has 3 aromatic rings. The van der Waals surface area contributed by atoms with Crippen LogP contribution in [0.2, 0.25) is 0 Å². The molecule has 1 aromatic heterocycles. The predicted molar refractivity (Wildman–Crippen MR) is 107 cm³/mol. The minimum Gasteiger partial charge on any atom is -0.497 e. The van der Waals surface area contributed by atoms with Crippen LogP contribution in [-0.4, -0.2) is 29.7 Å². The number of carbonyl (C=O) groups is 1. The second kappa shape index (κ2) is 6.72. The molecule has 0 spiro atoms. The second-order valence-electron chi connectivity index (χ2n) is 6.30. The molecule has 2 aromatic carbocycles. The average Bonchev–Trinajstić information content (AvgIpc) is 2.71. The minimum atomic E-state index is -0.0953. The van der Waals surface area contributed by atoms with E-state index in [1.54, 1.807) is 23.0 Å². The Balaban J connectivity index is 1.87. The summed E-state index contributed by atoms with van der Waals surface area (Å²) in [5, 5.41) is 0.887. The van der Waals surface area contributed by atoms with Crippen LogP contribution in [0, 0.1) is 0 Å². The van der Waals surface area contributed by atoms with Gasteiger partial charge in [0.25, 0.3) is 0 Å². The zero-order chi connectivity index (χ0) is 19.0. The lowest BCUT2D eigenvalue weighted by atomic mass is 10.0.